The maximum absolute atomic E-state index is 9.25. The topological polar surface area (TPSA) is 23.8 Å². The van der Waals surface area contributed by atoms with Crippen LogP contribution in [0.3, 0.4) is 0 Å². The number of nitriles is 1. The van der Waals surface area contributed by atoms with E-state index in [9.17, 15) is 5.26 Å². The predicted molar refractivity (Wildman–Crippen MR) is 94.6 cm³/mol. The van der Waals surface area contributed by atoms with Gasteiger partial charge in [-0.2, -0.15) is 5.26 Å². The van der Waals surface area contributed by atoms with Gasteiger partial charge >= 0.3 is 0 Å². The average Bonchev–Trinajstić information content (AvgIpc) is 2.42. The van der Waals surface area contributed by atoms with E-state index in [1.54, 1.807) is 0 Å². The fourth-order valence-corrected chi connectivity index (χ4v) is 3.24. The number of hydrogen-bond donors (Lipinski definition) is 0. The number of rotatable bonds is 13. The van der Waals surface area contributed by atoms with E-state index in [0.717, 1.165) is 32.1 Å². The van der Waals surface area contributed by atoms with Crippen molar-refractivity contribution in [3.8, 4) is 6.07 Å². The van der Waals surface area contributed by atoms with Crippen molar-refractivity contribution in [2.24, 2.45) is 5.41 Å². The molecule has 1 nitrogen and oxygen atoms in total. The van der Waals surface area contributed by atoms with Gasteiger partial charge in [-0.3, -0.25) is 0 Å². The van der Waals surface area contributed by atoms with Crippen molar-refractivity contribution >= 4 is 7.85 Å². The Balaban J connectivity index is 3.55. The van der Waals surface area contributed by atoms with Gasteiger partial charge in [0.25, 0.3) is 0 Å². The van der Waals surface area contributed by atoms with Crippen LogP contribution < -0.4 is 0 Å². The zero-order chi connectivity index (χ0) is 16.2. The second-order valence-electron chi connectivity index (χ2n) is 7.45. The van der Waals surface area contributed by atoms with Crippen LogP contribution in [0.15, 0.2) is 0 Å². The van der Waals surface area contributed by atoms with Crippen molar-refractivity contribution in [2.75, 3.05) is 0 Å². The minimum absolute atomic E-state index is 0.0452. The zero-order valence-electron chi connectivity index (χ0n) is 15.0. The van der Waals surface area contributed by atoms with E-state index in [4.69, 9.17) is 7.85 Å². The van der Waals surface area contributed by atoms with Gasteiger partial charge in [0.2, 0.25) is 0 Å². The Hall–Kier alpha value is -0.445. The molecule has 0 bridgehead atoms. The third-order valence-corrected chi connectivity index (χ3v) is 4.62. The van der Waals surface area contributed by atoms with E-state index in [0.29, 0.717) is 0 Å². The second-order valence-corrected chi connectivity index (χ2v) is 7.45. The molecule has 0 aliphatic carbocycles. The lowest BCUT2D eigenvalue weighted by Gasteiger charge is -2.24. The maximum atomic E-state index is 9.25. The summed E-state index contributed by atoms with van der Waals surface area (Å²) >= 11 is 0. The molecule has 0 saturated carbocycles. The van der Waals surface area contributed by atoms with Gasteiger partial charge in [-0.1, -0.05) is 90.3 Å². The van der Waals surface area contributed by atoms with Crippen molar-refractivity contribution in [3.63, 3.8) is 0 Å². The molecular formula is C19H36BN. The van der Waals surface area contributed by atoms with Gasteiger partial charge in [-0.05, 0) is 19.8 Å². The quantitative estimate of drug-likeness (QED) is 0.277. The molecule has 0 aliphatic rings. The summed E-state index contributed by atoms with van der Waals surface area (Å²) < 4.78 is 0. The Morgan fingerprint density at radius 1 is 0.762 bits per heavy atom. The molecule has 0 aromatic carbocycles. The molecule has 0 N–H and O–H groups in total. The lowest BCUT2D eigenvalue weighted by atomic mass is 9.64. The zero-order valence-corrected chi connectivity index (χ0v) is 15.0. The Morgan fingerprint density at radius 2 is 1.24 bits per heavy atom. The molecule has 0 aliphatic heterocycles. The number of unbranched alkanes of at least 4 members (excludes halogenated alkanes) is 5. The molecule has 2 radical (unpaired) electrons. The van der Waals surface area contributed by atoms with Gasteiger partial charge in [0.15, 0.2) is 0 Å². The lowest BCUT2D eigenvalue weighted by molar-refractivity contribution is 0.350. The highest BCUT2D eigenvalue weighted by Gasteiger charge is 2.21. The van der Waals surface area contributed by atoms with Crippen LogP contribution in [-0.4, -0.2) is 7.85 Å². The van der Waals surface area contributed by atoms with Crippen LogP contribution in [0.25, 0.3) is 0 Å². The van der Waals surface area contributed by atoms with Crippen LogP contribution in [0, 0.1) is 16.7 Å². The van der Waals surface area contributed by atoms with E-state index in [-0.39, 0.29) is 10.7 Å². The van der Waals surface area contributed by atoms with Gasteiger partial charge in [0, 0.05) is 0 Å². The summed E-state index contributed by atoms with van der Waals surface area (Å²) in [6.45, 7) is 8.68. The van der Waals surface area contributed by atoms with E-state index in [1.807, 2.05) is 0 Å². The molecule has 120 valence electrons. The molecule has 21 heavy (non-hydrogen) atoms. The first-order valence-electron chi connectivity index (χ1n) is 9.09. The van der Waals surface area contributed by atoms with E-state index >= 15 is 0 Å². The number of nitrogens with zero attached hydrogens (tertiary/aromatic N) is 1. The summed E-state index contributed by atoms with van der Waals surface area (Å²) in [5, 5.41) is 9.29. The molecule has 0 aromatic heterocycles. The third-order valence-electron chi connectivity index (χ3n) is 4.62. The van der Waals surface area contributed by atoms with Crippen LogP contribution in [0.2, 0.25) is 5.31 Å². The maximum Gasteiger partial charge on any atom is 0.0742 e. The lowest BCUT2D eigenvalue weighted by Crippen LogP contribution is -2.12. The highest BCUT2D eigenvalue weighted by molar-refractivity contribution is 6.14. The van der Waals surface area contributed by atoms with Crippen molar-refractivity contribution in [3.05, 3.63) is 0 Å². The summed E-state index contributed by atoms with van der Waals surface area (Å²) in [5.74, 6) is 0. The van der Waals surface area contributed by atoms with E-state index < -0.39 is 0 Å². The average molecular weight is 289 g/mol. The summed E-state index contributed by atoms with van der Waals surface area (Å²) in [4.78, 5) is 0. The second kappa shape index (κ2) is 11.2. The minimum atomic E-state index is -0.0870. The van der Waals surface area contributed by atoms with E-state index in [2.05, 4.69) is 33.8 Å². The fourth-order valence-electron chi connectivity index (χ4n) is 3.24. The van der Waals surface area contributed by atoms with Crippen molar-refractivity contribution in [2.45, 2.75) is 110 Å². The molecule has 0 heterocycles. The molecule has 0 fully saturated rings. The molecular weight excluding hydrogens is 253 g/mol. The predicted octanol–water partition coefficient (Wildman–Crippen LogP) is 6.58. The highest BCUT2D eigenvalue weighted by atomic mass is 14.3. The summed E-state index contributed by atoms with van der Waals surface area (Å²) in [6, 6.07) is 2.51. The summed E-state index contributed by atoms with van der Waals surface area (Å²) in [6.07, 6.45) is 14.4. The smallest absolute Gasteiger partial charge is 0.0742 e. The normalized spacial score (nSPS) is 16.9. The van der Waals surface area contributed by atoms with Crippen LogP contribution in [0.5, 0.6) is 0 Å². The Morgan fingerprint density at radius 3 is 1.71 bits per heavy atom. The summed E-state index contributed by atoms with van der Waals surface area (Å²) in [5.41, 5.74) is -0.0870. The van der Waals surface area contributed by atoms with Crippen LogP contribution in [-0.2, 0) is 0 Å². The van der Waals surface area contributed by atoms with Gasteiger partial charge in [0.1, 0.15) is 0 Å². The highest BCUT2D eigenvalue weighted by Crippen LogP contribution is 2.33. The van der Waals surface area contributed by atoms with Gasteiger partial charge < -0.3 is 0 Å². The molecule has 2 unspecified atom stereocenters. The fraction of sp³-hybridized carbons (Fsp3) is 0.947. The first-order chi connectivity index (χ1) is 9.89. The van der Waals surface area contributed by atoms with Crippen LogP contribution in [0.4, 0.5) is 0 Å². The monoisotopic (exact) mass is 289 g/mol. The molecule has 0 amide bonds. The number of hydrogen-bond acceptors (Lipinski definition) is 1. The van der Waals surface area contributed by atoms with Crippen molar-refractivity contribution < 1.29 is 0 Å². The molecule has 0 rings (SSSR count). The first kappa shape index (κ1) is 20.6. The third kappa shape index (κ3) is 10.9. The van der Waals surface area contributed by atoms with Gasteiger partial charge in [-0.25, -0.2) is 0 Å². The Bertz CT molecular complexity index is 292. The van der Waals surface area contributed by atoms with E-state index in [1.165, 1.54) is 44.9 Å². The van der Waals surface area contributed by atoms with Gasteiger partial charge in [-0.15, -0.1) is 0 Å². The molecule has 0 aromatic rings. The summed E-state index contributed by atoms with van der Waals surface area (Å²) in [7, 11) is 6.25. The molecule has 2 atom stereocenters. The van der Waals surface area contributed by atoms with Gasteiger partial charge in [0.05, 0.1) is 19.3 Å². The van der Waals surface area contributed by atoms with Crippen LogP contribution in [0.1, 0.15) is 105 Å². The molecule has 0 saturated heterocycles. The van der Waals surface area contributed by atoms with Crippen LogP contribution >= 0.6 is 0 Å². The van der Waals surface area contributed by atoms with Crippen molar-refractivity contribution in [1.82, 2.24) is 0 Å². The molecule has 0 spiro atoms. The Labute approximate surface area is 135 Å². The SMILES string of the molecule is [B]C(C)(CCC)CCCCCCCCC(C)(C#N)CCC. The first-order valence-corrected chi connectivity index (χ1v) is 9.09. The standard InChI is InChI=1S/C19H36BN/c1-5-13-18(3,17-21)15-11-9-7-8-10-12-16-19(4,20)14-6-2/h5-16H2,1-4H3. The largest absolute Gasteiger partial charge is 0.198 e. The molecule has 2 heteroatoms. The minimum Gasteiger partial charge on any atom is -0.198 e. The Kier molecular flexibility index (Phi) is 10.9. The van der Waals surface area contributed by atoms with Crippen molar-refractivity contribution in [1.29, 1.82) is 5.26 Å².